The second-order valence-corrected chi connectivity index (χ2v) is 12.6. The van der Waals surface area contributed by atoms with Gasteiger partial charge in [0.2, 0.25) is 5.95 Å². The van der Waals surface area contributed by atoms with E-state index in [1.165, 1.54) is 44.1 Å². The van der Waals surface area contributed by atoms with Crippen molar-refractivity contribution < 1.29 is 0 Å². The van der Waals surface area contributed by atoms with Gasteiger partial charge in [0.05, 0.1) is 22.2 Å². The van der Waals surface area contributed by atoms with Gasteiger partial charge in [-0.05, 0) is 46.4 Å². The monoisotopic (exact) mass is 565 g/mol. The van der Waals surface area contributed by atoms with Gasteiger partial charge in [-0.3, -0.25) is 4.57 Å². The molecule has 1 unspecified atom stereocenters. The average Bonchev–Trinajstić information content (AvgIpc) is 3.54. The van der Waals surface area contributed by atoms with Crippen LogP contribution in [0.2, 0.25) is 0 Å². The van der Waals surface area contributed by atoms with Gasteiger partial charge in [0.25, 0.3) is 0 Å². The van der Waals surface area contributed by atoms with Crippen molar-refractivity contribution in [3.8, 4) is 17.1 Å². The van der Waals surface area contributed by atoms with Crippen LogP contribution in [0.4, 0.5) is 0 Å². The lowest BCUT2D eigenvalue weighted by Crippen LogP contribution is -2.14. The van der Waals surface area contributed by atoms with Crippen LogP contribution in [0.3, 0.4) is 0 Å². The first-order valence-corrected chi connectivity index (χ1v) is 15.5. The number of hydrogen-bond acceptors (Lipinski definition) is 2. The first-order chi connectivity index (χ1) is 21.6. The number of fused-ring (bicyclic) bond motifs is 8. The Balaban J connectivity index is 1.31. The SMILES string of the molecule is CC1(C)c2ccccc2-c2c1ccc1c3ccccc3n(-c3nc(C4=CCC(c5ccccc5)C=C4)c4ccccc4n3)c21. The number of rotatable bonds is 3. The van der Waals surface area contributed by atoms with Crippen molar-refractivity contribution in [3.63, 3.8) is 0 Å². The summed E-state index contributed by atoms with van der Waals surface area (Å²) in [5.41, 5.74) is 11.9. The Labute approximate surface area is 256 Å². The Kier molecular flexibility index (Phi) is 5.37. The molecule has 0 saturated carbocycles. The summed E-state index contributed by atoms with van der Waals surface area (Å²) in [6, 6.07) is 41.4. The standard InChI is InChI=1S/C41H31N3/c1-41(2)33-17-9-6-15-31(33)37-34(41)25-24-30-29-14-8-11-19-36(29)44(39(30)37)40-42-35-18-10-7-16-32(35)38(43-40)28-22-20-27(21-23-28)26-12-4-3-5-13-26/h3-20,22-25,27H,21H2,1-2H3. The summed E-state index contributed by atoms with van der Waals surface area (Å²) < 4.78 is 2.32. The molecule has 44 heavy (non-hydrogen) atoms. The van der Waals surface area contributed by atoms with Crippen LogP contribution in [0.15, 0.2) is 133 Å². The van der Waals surface area contributed by atoms with Crippen LogP contribution in [0, 0.1) is 0 Å². The van der Waals surface area contributed by atoms with Crippen LogP contribution in [-0.4, -0.2) is 14.5 Å². The summed E-state index contributed by atoms with van der Waals surface area (Å²) in [4.78, 5) is 10.7. The number of aromatic nitrogens is 3. The van der Waals surface area contributed by atoms with Gasteiger partial charge in [0, 0.05) is 33.1 Å². The normalized spacial score (nSPS) is 16.8. The third-order valence-corrected chi connectivity index (χ3v) is 9.77. The van der Waals surface area contributed by atoms with E-state index in [2.05, 4.69) is 152 Å². The van der Waals surface area contributed by atoms with Crippen molar-refractivity contribution in [2.45, 2.75) is 31.6 Å². The highest BCUT2D eigenvalue weighted by Gasteiger charge is 2.37. The van der Waals surface area contributed by atoms with Gasteiger partial charge >= 0.3 is 0 Å². The second kappa shape index (κ2) is 9.36. The van der Waals surface area contributed by atoms with Crippen LogP contribution in [0.5, 0.6) is 0 Å². The zero-order valence-electron chi connectivity index (χ0n) is 24.8. The number of nitrogens with zero attached hydrogens (tertiary/aromatic N) is 3. The van der Waals surface area contributed by atoms with Crippen LogP contribution < -0.4 is 0 Å². The van der Waals surface area contributed by atoms with E-state index in [1.54, 1.807) is 0 Å². The van der Waals surface area contributed by atoms with E-state index in [1.807, 2.05) is 0 Å². The number of allylic oxidation sites excluding steroid dienone is 4. The average molecular weight is 566 g/mol. The van der Waals surface area contributed by atoms with Gasteiger partial charge in [0.15, 0.2) is 0 Å². The van der Waals surface area contributed by atoms with Crippen molar-refractivity contribution in [2.24, 2.45) is 0 Å². The molecule has 0 radical (unpaired) electrons. The molecule has 3 nitrogen and oxygen atoms in total. The highest BCUT2D eigenvalue weighted by Crippen LogP contribution is 2.52. The first-order valence-electron chi connectivity index (χ1n) is 15.5. The predicted molar refractivity (Wildman–Crippen MR) is 182 cm³/mol. The van der Waals surface area contributed by atoms with E-state index in [4.69, 9.17) is 9.97 Å². The highest BCUT2D eigenvalue weighted by molar-refractivity contribution is 6.15. The second-order valence-electron chi connectivity index (χ2n) is 12.6. The molecular weight excluding hydrogens is 534 g/mol. The summed E-state index contributed by atoms with van der Waals surface area (Å²) in [5, 5.41) is 3.52. The molecule has 9 rings (SSSR count). The highest BCUT2D eigenvalue weighted by atomic mass is 15.2. The molecule has 0 N–H and O–H groups in total. The molecule has 0 fully saturated rings. The predicted octanol–water partition coefficient (Wildman–Crippen LogP) is 10.2. The smallest absolute Gasteiger partial charge is 0.235 e. The third kappa shape index (κ3) is 3.56. The lowest BCUT2D eigenvalue weighted by Gasteiger charge is -2.21. The molecule has 5 aromatic carbocycles. The maximum absolute atomic E-state index is 5.42. The lowest BCUT2D eigenvalue weighted by molar-refractivity contribution is 0.661. The van der Waals surface area contributed by atoms with E-state index < -0.39 is 0 Å². The molecule has 7 aromatic rings. The Hall–Kier alpha value is -5.28. The molecular formula is C41H31N3. The zero-order valence-corrected chi connectivity index (χ0v) is 24.8. The van der Waals surface area contributed by atoms with Crippen LogP contribution in [0.1, 0.15) is 48.6 Å². The fraction of sp³-hybridized carbons (Fsp3) is 0.122. The molecule has 0 amide bonds. The van der Waals surface area contributed by atoms with Gasteiger partial charge in [-0.1, -0.05) is 135 Å². The van der Waals surface area contributed by atoms with E-state index >= 15 is 0 Å². The minimum Gasteiger partial charge on any atom is -0.277 e. The first kappa shape index (κ1) is 25.2. The number of benzene rings is 5. The molecule has 210 valence electrons. The molecule has 3 heteroatoms. The molecule has 0 saturated heterocycles. The van der Waals surface area contributed by atoms with Gasteiger partial charge in [-0.2, -0.15) is 0 Å². The zero-order chi connectivity index (χ0) is 29.4. The molecule has 2 aliphatic rings. The maximum atomic E-state index is 5.42. The summed E-state index contributed by atoms with van der Waals surface area (Å²) in [6.45, 7) is 4.68. The Morgan fingerprint density at radius 2 is 1.43 bits per heavy atom. The maximum Gasteiger partial charge on any atom is 0.235 e. The van der Waals surface area contributed by atoms with Gasteiger partial charge in [0.1, 0.15) is 0 Å². The molecule has 0 bridgehead atoms. The molecule has 1 atom stereocenters. The summed E-state index contributed by atoms with van der Waals surface area (Å²) in [7, 11) is 0. The quantitative estimate of drug-likeness (QED) is 0.213. The summed E-state index contributed by atoms with van der Waals surface area (Å²) >= 11 is 0. The lowest BCUT2D eigenvalue weighted by atomic mass is 9.82. The van der Waals surface area contributed by atoms with Crippen molar-refractivity contribution in [1.82, 2.24) is 14.5 Å². The van der Waals surface area contributed by atoms with Crippen LogP contribution in [0.25, 0.3) is 55.4 Å². The molecule has 0 spiro atoms. The minimum atomic E-state index is -0.0935. The Morgan fingerprint density at radius 1 is 0.682 bits per heavy atom. The molecule has 2 aliphatic carbocycles. The van der Waals surface area contributed by atoms with Gasteiger partial charge in [-0.15, -0.1) is 0 Å². The van der Waals surface area contributed by atoms with Crippen LogP contribution in [-0.2, 0) is 5.41 Å². The van der Waals surface area contributed by atoms with Crippen molar-refractivity contribution in [3.05, 3.63) is 156 Å². The fourth-order valence-corrected chi connectivity index (χ4v) is 7.58. The molecule has 0 aliphatic heterocycles. The van der Waals surface area contributed by atoms with Crippen LogP contribution >= 0.6 is 0 Å². The topological polar surface area (TPSA) is 30.7 Å². The van der Waals surface area contributed by atoms with Crippen molar-refractivity contribution in [1.29, 1.82) is 0 Å². The molecule has 2 heterocycles. The minimum absolute atomic E-state index is 0.0935. The summed E-state index contributed by atoms with van der Waals surface area (Å²) in [6.07, 6.45) is 7.87. The molecule has 2 aromatic heterocycles. The van der Waals surface area contributed by atoms with Gasteiger partial charge < -0.3 is 0 Å². The largest absolute Gasteiger partial charge is 0.277 e. The van der Waals surface area contributed by atoms with Crippen molar-refractivity contribution >= 4 is 38.3 Å². The van der Waals surface area contributed by atoms with Crippen molar-refractivity contribution in [2.75, 3.05) is 0 Å². The van der Waals surface area contributed by atoms with E-state index in [-0.39, 0.29) is 5.41 Å². The Morgan fingerprint density at radius 3 is 2.27 bits per heavy atom. The number of hydrogen-bond donors (Lipinski definition) is 0. The van der Waals surface area contributed by atoms with Gasteiger partial charge in [-0.25, -0.2) is 9.97 Å². The van der Waals surface area contributed by atoms with E-state index in [9.17, 15) is 0 Å². The van der Waals surface area contributed by atoms with E-state index in [0.717, 1.165) is 34.1 Å². The third-order valence-electron chi connectivity index (χ3n) is 9.77. The van der Waals surface area contributed by atoms with E-state index in [0.29, 0.717) is 11.9 Å². The Bertz CT molecular complexity index is 2340. The fourth-order valence-electron chi connectivity index (χ4n) is 7.58. The summed E-state index contributed by atoms with van der Waals surface area (Å²) in [5.74, 6) is 1.08. The number of para-hydroxylation sites is 2.